The van der Waals surface area contributed by atoms with Crippen LogP contribution in [0.15, 0.2) is 41.4 Å². The third kappa shape index (κ3) is 4.53. The lowest BCUT2D eigenvalue weighted by Crippen LogP contribution is -2.42. The van der Waals surface area contributed by atoms with Gasteiger partial charge in [0.15, 0.2) is 0 Å². The summed E-state index contributed by atoms with van der Waals surface area (Å²) in [5.74, 6) is 0.774. The lowest BCUT2D eigenvalue weighted by atomic mass is 9.81. The van der Waals surface area contributed by atoms with Gasteiger partial charge in [0.1, 0.15) is 5.75 Å². The number of sulfonamides is 1. The number of fused-ring (bicyclic) bond motifs is 9. The Hall–Kier alpha value is -3.66. The first-order valence-corrected chi connectivity index (χ1v) is 18.4. The molecule has 3 atom stereocenters. The number of aliphatic imine (C=N–C) groups is 1. The standard InChI is InChI=1S/C36H42N4O5S/c1-21(2)46(43,44)38-34(41)23-9-11-28-31(15-23)40-20-36(35(42)39-19-24-16-25(39)13-14-37-24)18-30(36)29-17-26(45-3)10-12-27(29)33(40)32(28)22-7-5-4-6-8-22/h9-12,15,17,21-22,25,30H,4-8,13-14,16,18-20H2,1-3H3,(H,38,41). The monoisotopic (exact) mass is 642 g/mol. The number of carbonyl (C=O) groups excluding carboxylic acids is 2. The maximum absolute atomic E-state index is 14.8. The van der Waals surface area contributed by atoms with E-state index in [1.165, 1.54) is 24.8 Å². The van der Waals surface area contributed by atoms with E-state index in [1.54, 1.807) is 27.0 Å². The number of hydrogen-bond donors (Lipinski definition) is 1. The predicted molar refractivity (Wildman–Crippen MR) is 178 cm³/mol. The van der Waals surface area contributed by atoms with Crippen molar-refractivity contribution in [2.75, 3.05) is 20.2 Å². The molecule has 10 heteroatoms. The molecule has 3 fully saturated rings. The van der Waals surface area contributed by atoms with Crippen molar-refractivity contribution in [3.05, 3.63) is 53.1 Å². The third-order valence-electron chi connectivity index (χ3n) is 11.4. The first-order chi connectivity index (χ1) is 22.1. The van der Waals surface area contributed by atoms with Crippen LogP contribution in [0.2, 0.25) is 0 Å². The van der Waals surface area contributed by atoms with Crippen molar-refractivity contribution in [3.8, 4) is 17.0 Å². The van der Waals surface area contributed by atoms with E-state index in [4.69, 9.17) is 9.73 Å². The van der Waals surface area contributed by atoms with Gasteiger partial charge in [0.2, 0.25) is 15.9 Å². The number of nitrogens with zero attached hydrogens (tertiary/aromatic N) is 3. The van der Waals surface area contributed by atoms with Gasteiger partial charge in [-0.1, -0.05) is 25.3 Å². The summed E-state index contributed by atoms with van der Waals surface area (Å²) in [7, 11) is -2.11. The van der Waals surface area contributed by atoms with Gasteiger partial charge in [0.05, 0.1) is 30.0 Å². The Labute approximate surface area is 270 Å². The van der Waals surface area contributed by atoms with Crippen LogP contribution in [0.25, 0.3) is 22.2 Å². The predicted octanol–water partition coefficient (Wildman–Crippen LogP) is 5.77. The molecule has 5 aliphatic rings. The summed E-state index contributed by atoms with van der Waals surface area (Å²) in [5, 5.41) is 0.352. The van der Waals surface area contributed by atoms with Gasteiger partial charge in [-0.3, -0.25) is 14.6 Å². The van der Waals surface area contributed by atoms with E-state index in [9.17, 15) is 18.0 Å². The smallest absolute Gasteiger partial charge is 0.264 e. The number of benzene rings is 2. The molecule has 0 radical (unpaired) electrons. The zero-order chi connectivity index (χ0) is 32.0. The van der Waals surface area contributed by atoms with Gasteiger partial charge in [0, 0.05) is 59.2 Å². The number of ether oxygens (including phenoxy) is 1. The van der Waals surface area contributed by atoms with Crippen LogP contribution in [0.5, 0.6) is 5.75 Å². The first kappa shape index (κ1) is 29.7. The molecule has 1 aromatic heterocycles. The zero-order valence-corrected chi connectivity index (χ0v) is 27.7. The molecule has 2 saturated carbocycles. The van der Waals surface area contributed by atoms with E-state index in [1.807, 2.05) is 18.2 Å². The van der Waals surface area contributed by atoms with Crippen LogP contribution in [0.3, 0.4) is 0 Å². The number of nitrogens with one attached hydrogen (secondary N) is 1. The van der Waals surface area contributed by atoms with Crippen LogP contribution < -0.4 is 9.46 Å². The minimum atomic E-state index is -3.80. The number of hydrogen-bond acceptors (Lipinski definition) is 6. The average molecular weight is 643 g/mol. The SMILES string of the molecule is COc1ccc2c(c1)C1CC1(C(=O)N1CC3=NCCC1C3)Cn1c-2c(C2CCCCC2)c2ccc(C(=O)NS(=O)(=O)C(C)C)cc21. The van der Waals surface area contributed by atoms with E-state index in [0.717, 1.165) is 77.8 Å². The summed E-state index contributed by atoms with van der Waals surface area (Å²) in [6.45, 7) is 5.02. The molecule has 2 amide bonds. The summed E-state index contributed by atoms with van der Waals surface area (Å²) >= 11 is 0. The molecule has 2 aromatic carbocycles. The second-order valence-electron chi connectivity index (χ2n) is 14.3. The van der Waals surface area contributed by atoms with Crippen LogP contribution in [-0.4, -0.2) is 66.9 Å². The number of amides is 2. The van der Waals surface area contributed by atoms with Crippen molar-refractivity contribution in [1.29, 1.82) is 0 Å². The molecule has 9 nitrogen and oxygen atoms in total. The normalized spacial score (nSPS) is 25.4. The van der Waals surface area contributed by atoms with Crippen molar-refractivity contribution < 1.29 is 22.7 Å². The maximum Gasteiger partial charge on any atom is 0.264 e. The van der Waals surface area contributed by atoms with Gasteiger partial charge in [-0.25, -0.2) is 13.1 Å². The molecular weight excluding hydrogens is 600 g/mol. The largest absolute Gasteiger partial charge is 0.497 e. The Kier molecular flexibility index (Phi) is 6.91. The molecule has 8 rings (SSSR count). The highest BCUT2D eigenvalue weighted by atomic mass is 32.2. The van der Waals surface area contributed by atoms with Crippen LogP contribution >= 0.6 is 0 Å². The molecule has 2 aliphatic carbocycles. The number of carbonyl (C=O) groups is 2. The van der Waals surface area contributed by atoms with E-state index in [0.29, 0.717) is 24.6 Å². The van der Waals surface area contributed by atoms with Crippen LogP contribution in [-0.2, 0) is 21.4 Å². The zero-order valence-electron chi connectivity index (χ0n) is 26.8. The second kappa shape index (κ2) is 10.7. The fourth-order valence-electron chi connectivity index (χ4n) is 8.77. The lowest BCUT2D eigenvalue weighted by molar-refractivity contribution is -0.138. The second-order valence-corrected chi connectivity index (χ2v) is 16.6. The van der Waals surface area contributed by atoms with Crippen LogP contribution in [0.4, 0.5) is 0 Å². The Morgan fingerprint density at radius 1 is 1.07 bits per heavy atom. The Balaban J connectivity index is 1.33. The highest BCUT2D eigenvalue weighted by molar-refractivity contribution is 7.90. The number of methoxy groups -OCH3 is 1. The lowest BCUT2D eigenvalue weighted by Gasteiger charge is -2.29. The van der Waals surface area contributed by atoms with Gasteiger partial charge in [-0.15, -0.1) is 0 Å². The van der Waals surface area contributed by atoms with Gasteiger partial charge in [0.25, 0.3) is 5.91 Å². The van der Waals surface area contributed by atoms with Crippen molar-refractivity contribution in [1.82, 2.24) is 14.2 Å². The quantitative estimate of drug-likeness (QED) is 0.368. The van der Waals surface area contributed by atoms with Crippen LogP contribution in [0, 0.1) is 5.41 Å². The molecular formula is C36H42N4O5S. The fourth-order valence-corrected chi connectivity index (χ4v) is 9.38. The minimum Gasteiger partial charge on any atom is -0.497 e. The molecule has 3 unspecified atom stereocenters. The summed E-state index contributed by atoms with van der Waals surface area (Å²) < 4.78 is 35.6. The summed E-state index contributed by atoms with van der Waals surface area (Å²) in [4.78, 5) is 34.9. The van der Waals surface area contributed by atoms with Crippen LogP contribution in [0.1, 0.15) is 98.5 Å². The first-order valence-electron chi connectivity index (χ1n) is 16.8. The highest BCUT2D eigenvalue weighted by Crippen LogP contribution is 2.66. The highest BCUT2D eigenvalue weighted by Gasteiger charge is 2.64. The molecule has 4 heterocycles. The van der Waals surface area contributed by atoms with E-state index in [2.05, 4.69) is 26.3 Å². The van der Waals surface area contributed by atoms with Gasteiger partial charge >= 0.3 is 0 Å². The Bertz CT molecular complexity index is 1920. The van der Waals surface area contributed by atoms with Crippen molar-refractivity contribution >= 4 is 38.5 Å². The Morgan fingerprint density at radius 3 is 2.61 bits per heavy atom. The van der Waals surface area contributed by atoms with E-state index < -0.39 is 26.6 Å². The molecule has 242 valence electrons. The summed E-state index contributed by atoms with van der Waals surface area (Å²) in [5.41, 5.74) is 6.42. The van der Waals surface area contributed by atoms with E-state index >= 15 is 0 Å². The van der Waals surface area contributed by atoms with Gasteiger partial charge < -0.3 is 14.2 Å². The number of likely N-dealkylation sites (tertiary alicyclic amines) is 1. The molecule has 3 aliphatic heterocycles. The molecule has 1 N–H and O–H groups in total. The van der Waals surface area contributed by atoms with Crippen molar-refractivity contribution in [2.45, 2.75) is 94.9 Å². The number of aromatic nitrogens is 1. The molecule has 2 bridgehead atoms. The molecule has 0 spiro atoms. The van der Waals surface area contributed by atoms with Crippen molar-refractivity contribution in [3.63, 3.8) is 0 Å². The molecule has 1 saturated heterocycles. The molecule has 3 aromatic rings. The summed E-state index contributed by atoms with van der Waals surface area (Å²) in [6.07, 6.45) is 8.30. The van der Waals surface area contributed by atoms with Gasteiger partial charge in [-0.2, -0.15) is 0 Å². The number of rotatable bonds is 6. The fraction of sp³-hybridized carbons (Fsp3) is 0.528. The maximum atomic E-state index is 14.8. The minimum absolute atomic E-state index is 0.0595. The van der Waals surface area contributed by atoms with Crippen molar-refractivity contribution in [2.24, 2.45) is 10.4 Å². The third-order valence-corrected chi connectivity index (χ3v) is 13.1. The van der Waals surface area contributed by atoms with E-state index in [-0.39, 0.29) is 17.9 Å². The summed E-state index contributed by atoms with van der Waals surface area (Å²) in [6, 6.07) is 12.1. The topological polar surface area (TPSA) is 110 Å². The van der Waals surface area contributed by atoms with Gasteiger partial charge in [-0.05, 0) is 86.9 Å². The Morgan fingerprint density at radius 2 is 1.87 bits per heavy atom. The molecule has 46 heavy (non-hydrogen) atoms. The average Bonchev–Trinajstić information content (AvgIpc) is 3.63.